The zero-order valence-electron chi connectivity index (χ0n) is 15.0. The maximum Gasteiger partial charge on any atom is 0.224 e. The number of sulfone groups is 1. The third-order valence-electron chi connectivity index (χ3n) is 4.18. The van der Waals surface area contributed by atoms with Gasteiger partial charge in [0.25, 0.3) is 0 Å². The average molecular weight is 383 g/mol. The lowest BCUT2D eigenvalue weighted by molar-refractivity contribution is -0.116. The fraction of sp³-hybridized carbons (Fsp3) is 0.190. The molecule has 1 aromatic heterocycles. The van der Waals surface area contributed by atoms with Gasteiger partial charge in [0, 0.05) is 24.1 Å². The Morgan fingerprint density at radius 3 is 2.52 bits per heavy atom. The summed E-state index contributed by atoms with van der Waals surface area (Å²) in [7, 11) is -3.30. The fourth-order valence-corrected chi connectivity index (χ4v) is 3.59. The molecule has 0 fully saturated rings. The van der Waals surface area contributed by atoms with E-state index in [9.17, 15) is 13.2 Å². The molecule has 27 heavy (non-hydrogen) atoms. The van der Waals surface area contributed by atoms with E-state index in [4.69, 9.17) is 4.42 Å². The van der Waals surface area contributed by atoms with Crippen molar-refractivity contribution in [3.63, 3.8) is 0 Å². The summed E-state index contributed by atoms with van der Waals surface area (Å²) in [5.74, 6) is 1.32. The molecule has 0 aliphatic rings. The normalized spacial score (nSPS) is 11.3. The van der Waals surface area contributed by atoms with Crippen molar-refractivity contribution in [3.05, 3.63) is 72.5 Å². The minimum atomic E-state index is -3.30. The predicted molar refractivity (Wildman–Crippen MR) is 105 cm³/mol. The van der Waals surface area contributed by atoms with Crippen molar-refractivity contribution in [1.82, 2.24) is 0 Å². The Balaban J connectivity index is 1.59. The van der Waals surface area contributed by atoms with Crippen LogP contribution in [0, 0.1) is 0 Å². The van der Waals surface area contributed by atoms with Crippen molar-refractivity contribution in [3.8, 4) is 11.3 Å². The molecule has 0 spiro atoms. The Bertz CT molecular complexity index is 1020. The minimum Gasteiger partial charge on any atom is -0.461 e. The molecule has 1 N–H and O–H groups in total. The van der Waals surface area contributed by atoms with Crippen LogP contribution in [0.2, 0.25) is 0 Å². The fourth-order valence-electron chi connectivity index (χ4n) is 2.66. The van der Waals surface area contributed by atoms with Crippen molar-refractivity contribution < 1.29 is 17.6 Å². The topological polar surface area (TPSA) is 76.4 Å². The second kappa shape index (κ2) is 8.22. The van der Waals surface area contributed by atoms with E-state index in [2.05, 4.69) is 5.32 Å². The quantitative estimate of drug-likeness (QED) is 0.659. The van der Waals surface area contributed by atoms with Crippen LogP contribution in [0.3, 0.4) is 0 Å². The number of hydrogen-bond acceptors (Lipinski definition) is 4. The third kappa shape index (κ3) is 4.86. The van der Waals surface area contributed by atoms with Crippen LogP contribution in [0.4, 0.5) is 5.69 Å². The number of amides is 1. The summed E-state index contributed by atoms with van der Waals surface area (Å²) >= 11 is 0. The summed E-state index contributed by atoms with van der Waals surface area (Å²) in [6.45, 7) is 1.59. The van der Waals surface area contributed by atoms with Gasteiger partial charge in [0.05, 0.1) is 10.6 Å². The molecule has 2 aromatic carbocycles. The number of furan rings is 1. The maximum atomic E-state index is 12.2. The number of rotatable bonds is 7. The molecule has 140 valence electrons. The van der Waals surface area contributed by atoms with Crippen LogP contribution >= 0.6 is 0 Å². The largest absolute Gasteiger partial charge is 0.461 e. The van der Waals surface area contributed by atoms with Crippen LogP contribution in [0.25, 0.3) is 11.3 Å². The van der Waals surface area contributed by atoms with E-state index in [1.807, 2.05) is 42.5 Å². The molecule has 3 rings (SSSR count). The molecule has 0 aliphatic heterocycles. The van der Waals surface area contributed by atoms with E-state index in [-0.39, 0.29) is 23.0 Å². The van der Waals surface area contributed by atoms with Crippen molar-refractivity contribution in [2.75, 3.05) is 11.1 Å². The number of nitrogens with one attached hydrogen (secondary N) is 1. The molecule has 0 aliphatic carbocycles. The standard InChI is InChI=1S/C21H21NO4S/c1-2-27(24,25)19-10-6-9-17(15-19)22-21(23)14-12-18-11-13-20(26-18)16-7-4-3-5-8-16/h3-11,13,15H,2,12,14H2,1H3,(H,22,23). The molecule has 1 heterocycles. The van der Waals surface area contributed by atoms with E-state index in [1.165, 1.54) is 12.1 Å². The second-order valence-corrected chi connectivity index (χ2v) is 8.39. The second-order valence-electron chi connectivity index (χ2n) is 6.11. The first-order valence-electron chi connectivity index (χ1n) is 8.75. The van der Waals surface area contributed by atoms with E-state index < -0.39 is 9.84 Å². The average Bonchev–Trinajstić information content (AvgIpc) is 3.16. The maximum absolute atomic E-state index is 12.2. The SMILES string of the molecule is CCS(=O)(=O)c1cccc(NC(=O)CCc2ccc(-c3ccccc3)o2)c1. The lowest BCUT2D eigenvalue weighted by atomic mass is 10.2. The Labute approximate surface area is 159 Å². The first-order valence-corrected chi connectivity index (χ1v) is 10.4. The summed E-state index contributed by atoms with van der Waals surface area (Å²) in [5, 5.41) is 2.74. The summed E-state index contributed by atoms with van der Waals surface area (Å²) < 4.78 is 29.7. The lowest BCUT2D eigenvalue weighted by Crippen LogP contribution is -2.13. The van der Waals surface area contributed by atoms with Crippen LogP contribution in [0.1, 0.15) is 19.1 Å². The summed E-state index contributed by atoms with van der Waals surface area (Å²) in [4.78, 5) is 12.4. The molecular weight excluding hydrogens is 362 g/mol. The highest BCUT2D eigenvalue weighted by Gasteiger charge is 2.13. The van der Waals surface area contributed by atoms with Gasteiger partial charge in [0.1, 0.15) is 11.5 Å². The summed E-state index contributed by atoms with van der Waals surface area (Å²) in [5.41, 5.74) is 1.46. The Hall–Kier alpha value is -2.86. The van der Waals surface area contributed by atoms with Gasteiger partial charge in [-0.25, -0.2) is 8.42 Å². The Morgan fingerprint density at radius 2 is 1.78 bits per heavy atom. The molecule has 0 unspecified atom stereocenters. The molecule has 0 atom stereocenters. The number of carbonyl (C=O) groups is 1. The van der Waals surface area contributed by atoms with Crippen LogP contribution < -0.4 is 5.32 Å². The molecule has 5 nitrogen and oxygen atoms in total. The van der Waals surface area contributed by atoms with Gasteiger partial charge in [-0.1, -0.05) is 43.3 Å². The molecule has 3 aromatic rings. The molecule has 1 amide bonds. The van der Waals surface area contributed by atoms with Crippen LogP contribution in [0.5, 0.6) is 0 Å². The van der Waals surface area contributed by atoms with Crippen molar-refractivity contribution in [2.24, 2.45) is 0 Å². The highest BCUT2D eigenvalue weighted by Crippen LogP contribution is 2.22. The smallest absolute Gasteiger partial charge is 0.224 e. The van der Waals surface area contributed by atoms with Gasteiger partial charge in [0.2, 0.25) is 5.91 Å². The minimum absolute atomic E-state index is 0.0205. The van der Waals surface area contributed by atoms with Crippen molar-refractivity contribution in [1.29, 1.82) is 0 Å². The molecule has 0 saturated heterocycles. The lowest BCUT2D eigenvalue weighted by Gasteiger charge is -2.07. The predicted octanol–water partition coefficient (Wildman–Crippen LogP) is 4.31. The molecular formula is C21H21NO4S. The van der Waals surface area contributed by atoms with Gasteiger partial charge in [-0.15, -0.1) is 0 Å². The zero-order chi connectivity index (χ0) is 19.3. The number of anilines is 1. The van der Waals surface area contributed by atoms with E-state index in [0.717, 1.165) is 17.1 Å². The monoisotopic (exact) mass is 383 g/mol. The number of benzene rings is 2. The third-order valence-corrected chi connectivity index (χ3v) is 5.91. The summed E-state index contributed by atoms with van der Waals surface area (Å²) in [6, 6.07) is 19.8. The van der Waals surface area contributed by atoms with Gasteiger partial charge in [-0.3, -0.25) is 4.79 Å². The van der Waals surface area contributed by atoms with Gasteiger partial charge in [-0.2, -0.15) is 0 Å². The van der Waals surface area contributed by atoms with Gasteiger partial charge in [0.15, 0.2) is 9.84 Å². The number of carbonyl (C=O) groups excluding carboxylic acids is 1. The molecule has 6 heteroatoms. The zero-order valence-corrected chi connectivity index (χ0v) is 15.8. The summed E-state index contributed by atoms with van der Waals surface area (Å²) in [6.07, 6.45) is 0.706. The molecule has 0 bridgehead atoms. The highest BCUT2D eigenvalue weighted by molar-refractivity contribution is 7.91. The first kappa shape index (κ1) is 18.9. The van der Waals surface area contributed by atoms with E-state index >= 15 is 0 Å². The van der Waals surface area contributed by atoms with Gasteiger partial charge in [-0.05, 0) is 30.3 Å². The highest BCUT2D eigenvalue weighted by atomic mass is 32.2. The number of hydrogen-bond donors (Lipinski definition) is 1. The van der Waals surface area contributed by atoms with Crippen LogP contribution in [-0.2, 0) is 21.1 Å². The Kier molecular flexibility index (Phi) is 5.76. The van der Waals surface area contributed by atoms with Crippen molar-refractivity contribution in [2.45, 2.75) is 24.7 Å². The first-order chi connectivity index (χ1) is 13.0. The van der Waals surface area contributed by atoms with Crippen LogP contribution in [0.15, 0.2) is 76.0 Å². The van der Waals surface area contributed by atoms with Gasteiger partial charge >= 0.3 is 0 Å². The molecule has 0 saturated carbocycles. The van der Waals surface area contributed by atoms with Gasteiger partial charge < -0.3 is 9.73 Å². The van der Waals surface area contributed by atoms with E-state index in [0.29, 0.717) is 12.1 Å². The van der Waals surface area contributed by atoms with Crippen LogP contribution in [-0.4, -0.2) is 20.1 Å². The molecule has 0 radical (unpaired) electrons. The Morgan fingerprint density at radius 1 is 1.00 bits per heavy atom. The van der Waals surface area contributed by atoms with Crippen molar-refractivity contribution >= 4 is 21.4 Å². The number of aryl methyl sites for hydroxylation is 1. The van der Waals surface area contributed by atoms with E-state index in [1.54, 1.807) is 19.1 Å².